The molecule has 0 aliphatic heterocycles. The molecule has 0 bridgehead atoms. The van der Waals surface area contributed by atoms with E-state index in [1.807, 2.05) is 18.8 Å². The molecule has 0 aromatic carbocycles. The summed E-state index contributed by atoms with van der Waals surface area (Å²) in [5.41, 5.74) is 2.78. The molecule has 19 heavy (non-hydrogen) atoms. The molecule has 2 heterocycles. The van der Waals surface area contributed by atoms with Crippen molar-refractivity contribution < 1.29 is 4.39 Å². The Morgan fingerprint density at radius 2 is 2.26 bits per heavy atom. The van der Waals surface area contributed by atoms with Gasteiger partial charge in [-0.2, -0.15) is 5.10 Å². The molecule has 2 rings (SSSR count). The van der Waals surface area contributed by atoms with E-state index in [1.165, 1.54) is 6.20 Å². The van der Waals surface area contributed by atoms with Crippen LogP contribution in [0.1, 0.15) is 29.9 Å². The van der Waals surface area contributed by atoms with Crippen LogP contribution in [-0.4, -0.2) is 21.8 Å². The number of aryl methyl sites for hydroxylation is 2. The Hall–Kier alpha value is -1.75. The fourth-order valence-electron chi connectivity index (χ4n) is 2.18. The second-order valence-electron chi connectivity index (χ2n) is 4.55. The van der Waals surface area contributed by atoms with Gasteiger partial charge in [-0.3, -0.25) is 9.67 Å². The van der Waals surface area contributed by atoms with Crippen molar-refractivity contribution in [3.8, 4) is 0 Å². The number of halogens is 1. The first-order chi connectivity index (χ1) is 9.15. The van der Waals surface area contributed by atoms with Crippen LogP contribution >= 0.6 is 0 Å². The van der Waals surface area contributed by atoms with Crippen LogP contribution in [-0.2, 0) is 19.9 Å². The van der Waals surface area contributed by atoms with Crippen LogP contribution in [0.2, 0.25) is 0 Å². The zero-order chi connectivity index (χ0) is 13.8. The van der Waals surface area contributed by atoms with Crippen LogP contribution in [0.25, 0.3) is 0 Å². The SMILES string of the molecule is CCc1cc(CC(NC)c2ccncc2F)n(C)n1. The summed E-state index contributed by atoms with van der Waals surface area (Å²) in [6.45, 7) is 2.07. The molecule has 2 aromatic heterocycles. The highest BCUT2D eigenvalue weighted by atomic mass is 19.1. The van der Waals surface area contributed by atoms with Gasteiger partial charge in [0.2, 0.25) is 0 Å². The summed E-state index contributed by atoms with van der Waals surface area (Å²) in [7, 11) is 3.76. The van der Waals surface area contributed by atoms with Crippen LogP contribution in [0.3, 0.4) is 0 Å². The third-order valence-electron chi connectivity index (χ3n) is 3.33. The molecule has 4 nitrogen and oxygen atoms in total. The van der Waals surface area contributed by atoms with E-state index in [0.29, 0.717) is 12.0 Å². The Bertz CT molecular complexity index is 550. The average molecular weight is 262 g/mol. The van der Waals surface area contributed by atoms with Crippen LogP contribution in [0, 0.1) is 5.82 Å². The van der Waals surface area contributed by atoms with Gasteiger partial charge in [-0.05, 0) is 25.6 Å². The molecule has 1 N–H and O–H groups in total. The number of rotatable bonds is 5. The zero-order valence-electron chi connectivity index (χ0n) is 11.5. The van der Waals surface area contributed by atoms with E-state index in [-0.39, 0.29) is 11.9 Å². The molecule has 0 aliphatic rings. The Morgan fingerprint density at radius 3 is 2.84 bits per heavy atom. The molecule has 0 saturated carbocycles. The number of nitrogens with zero attached hydrogens (tertiary/aromatic N) is 3. The van der Waals surface area contributed by atoms with Gasteiger partial charge in [-0.25, -0.2) is 4.39 Å². The zero-order valence-corrected chi connectivity index (χ0v) is 11.5. The first kappa shape index (κ1) is 13.7. The van der Waals surface area contributed by atoms with Gasteiger partial charge in [-0.1, -0.05) is 6.92 Å². The number of hydrogen-bond donors (Lipinski definition) is 1. The molecule has 0 spiro atoms. The minimum Gasteiger partial charge on any atom is -0.313 e. The van der Waals surface area contributed by atoms with Gasteiger partial charge in [0.05, 0.1) is 11.9 Å². The molecule has 0 saturated heterocycles. The number of pyridine rings is 1. The van der Waals surface area contributed by atoms with Gasteiger partial charge in [-0.15, -0.1) is 0 Å². The van der Waals surface area contributed by atoms with Crippen molar-refractivity contribution >= 4 is 0 Å². The van der Waals surface area contributed by atoms with E-state index in [1.54, 1.807) is 12.3 Å². The molecule has 2 aromatic rings. The monoisotopic (exact) mass is 262 g/mol. The van der Waals surface area contributed by atoms with Crippen molar-refractivity contribution in [2.75, 3.05) is 7.05 Å². The van der Waals surface area contributed by atoms with E-state index in [4.69, 9.17) is 0 Å². The largest absolute Gasteiger partial charge is 0.313 e. The standard InChI is InChI=1S/C14H19FN4/c1-4-10-7-11(19(3)18-10)8-14(16-2)12-5-6-17-9-13(12)15/h5-7,9,14,16H,4,8H2,1-3H3. The average Bonchev–Trinajstić information content (AvgIpc) is 2.77. The smallest absolute Gasteiger partial charge is 0.146 e. The van der Waals surface area contributed by atoms with Gasteiger partial charge in [0.15, 0.2) is 0 Å². The summed E-state index contributed by atoms with van der Waals surface area (Å²) in [5.74, 6) is -0.278. The van der Waals surface area contributed by atoms with Gasteiger partial charge in [0, 0.05) is 37.0 Å². The molecular weight excluding hydrogens is 243 g/mol. The quantitative estimate of drug-likeness (QED) is 0.896. The molecule has 0 amide bonds. The predicted molar refractivity (Wildman–Crippen MR) is 72.3 cm³/mol. The Kier molecular flexibility index (Phi) is 4.27. The maximum Gasteiger partial charge on any atom is 0.146 e. The summed E-state index contributed by atoms with van der Waals surface area (Å²) in [5, 5.41) is 7.57. The lowest BCUT2D eigenvalue weighted by Gasteiger charge is -2.17. The molecule has 0 radical (unpaired) electrons. The third kappa shape index (κ3) is 2.98. The summed E-state index contributed by atoms with van der Waals surface area (Å²) in [4.78, 5) is 3.78. The van der Waals surface area contributed by atoms with Crippen molar-refractivity contribution in [1.82, 2.24) is 20.1 Å². The highest BCUT2D eigenvalue weighted by Gasteiger charge is 2.16. The van der Waals surface area contributed by atoms with E-state index in [0.717, 1.165) is 17.8 Å². The van der Waals surface area contributed by atoms with Crippen LogP contribution < -0.4 is 5.32 Å². The Morgan fingerprint density at radius 1 is 1.47 bits per heavy atom. The lowest BCUT2D eigenvalue weighted by Crippen LogP contribution is -2.21. The predicted octanol–water partition coefficient (Wildman–Crippen LogP) is 2.02. The molecule has 102 valence electrons. The van der Waals surface area contributed by atoms with Gasteiger partial charge < -0.3 is 5.32 Å². The molecule has 1 unspecified atom stereocenters. The van der Waals surface area contributed by atoms with Crippen molar-refractivity contribution in [3.05, 3.63) is 47.3 Å². The number of likely N-dealkylation sites (N-methyl/N-ethyl adjacent to an activating group) is 1. The first-order valence-electron chi connectivity index (χ1n) is 6.44. The highest BCUT2D eigenvalue weighted by molar-refractivity contribution is 5.21. The fourth-order valence-corrected chi connectivity index (χ4v) is 2.18. The highest BCUT2D eigenvalue weighted by Crippen LogP contribution is 2.20. The number of aromatic nitrogens is 3. The van der Waals surface area contributed by atoms with E-state index >= 15 is 0 Å². The molecule has 1 atom stereocenters. The second kappa shape index (κ2) is 5.93. The number of nitrogens with one attached hydrogen (secondary N) is 1. The second-order valence-corrected chi connectivity index (χ2v) is 4.55. The Labute approximate surface area is 112 Å². The van der Waals surface area contributed by atoms with E-state index in [2.05, 4.69) is 28.4 Å². The third-order valence-corrected chi connectivity index (χ3v) is 3.33. The minimum absolute atomic E-state index is 0.0805. The lowest BCUT2D eigenvalue weighted by molar-refractivity contribution is 0.516. The van der Waals surface area contributed by atoms with Gasteiger partial charge in [0.25, 0.3) is 0 Å². The molecular formula is C14H19FN4. The fraction of sp³-hybridized carbons (Fsp3) is 0.429. The summed E-state index contributed by atoms with van der Waals surface area (Å²) in [6, 6.07) is 3.71. The maximum absolute atomic E-state index is 13.8. The minimum atomic E-state index is -0.278. The van der Waals surface area contributed by atoms with Gasteiger partial charge in [0.1, 0.15) is 5.82 Å². The summed E-state index contributed by atoms with van der Waals surface area (Å²) >= 11 is 0. The van der Waals surface area contributed by atoms with Crippen LogP contribution in [0.4, 0.5) is 4.39 Å². The van der Waals surface area contributed by atoms with Crippen molar-refractivity contribution in [2.24, 2.45) is 7.05 Å². The summed E-state index contributed by atoms with van der Waals surface area (Å²) in [6.07, 6.45) is 4.46. The van der Waals surface area contributed by atoms with E-state index < -0.39 is 0 Å². The van der Waals surface area contributed by atoms with Crippen LogP contribution in [0.5, 0.6) is 0 Å². The molecule has 0 fully saturated rings. The lowest BCUT2D eigenvalue weighted by atomic mass is 10.0. The van der Waals surface area contributed by atoms with Crippen molar-refractivity contribution in [1.29, 1.82) is 0 Å². The topological polar surface area (TPSA) is 42.7 Å². The molecule has 5 heteroatoms. The van der Waals surface area contributed by atoms with E-state index in [9.17, 15) is 4.39 Å². The van der Waals surface area contributed by atoms with Crippen molar-refractivity contribution in [2.45, 2.75) is 25.8 Å². The first-order valence-corrected chi connectivity index (χ1v) is 6.44. The number of hydrogen-bond acceptors (Lipinski definition) is 3. The van der Waals surface area contributed by atoms with Gasteiger partial charge >= 0.3 is 0 Å². The van der Waals surface area contributed by atoms with Crippen LogP contribution in [0.15, 0.2) is 24.5 Å². The van der Waals surface area contributed by atoms with Crippen molar-refractivity contribution in [3.63, 3.8) is 0 Å². The maximum atomic E-state index is 13.8. The molecule has 0 aliphatic carbocycles. The summed E-state index contributed by atoms with van der Waals surface area (Å²) < 4.78 is 15.6. The normalized spacial score (nSPS) is 12.6. The Balaban J connectivity index is 2.24.